The van der Waals surface area contributed by atoms with Gasteiger partial charge in [0.15, 0.2) is 5.82 Å². The van der Waals surface area contributed by atoms with Crippen molar-refractivity contribution in [1.29, 1.82) is 0 Å². The molecule has 2 N–H and O–H groups in total. The van der Waals surface area contributed by atoms with E-state index in [1.54, 1.807) is 42.5 Å². The van der Waals surface area contributed by atoms with Gasteiger partial charge in [-0.2, -0.15) is 0 Å². The fraction of sp³-hybridized carbons (Fsp3) is 0. The second-order valence-corrected chi connectivity index (χ2v) is 6.85. The zero-order valence-corrected chi connectivity index (χ0v) is 16.3. The Morgan fingerprint density at radius 1 is 1.07 bits per heavy atom. The van der Waals surface area contributed by atoms with Crippen LogP contribution in [0.25, 0.3) is 22.8 Å². The van der Waals surface area contributed by atoms with E-state index >= 15 is 0 Å². The summed E-state index contributed by atoms with van der Waals surface area (Å²) < 4.78 is 0. The second kappa shape index (κ2) is 8.18. The Kier molecular flexibility index (Phi) is 5.28. The van der Waals surface area contributed by atoms with E-state index in [0.717, 1.165) is 0 Å². The maximum absolute atomic E-state index is 12.7. The Labute approximate surface area is 176 Å². The van der Waals surface area contributed by atoms with Crippen LogP contribution in [0.1, 0.15) is 21.7 Å². The normalized spacial score (nSPS) is 11.4. The van der Waals surface area contributed by atoms with Crippen molar-refractivity contribution in [3.8, 4) is 0 Å². The Morgan fingerprint density at radius 3 is 2.53 bits per heavy atom. The van der Waals surface area contributed by atoms with Crippen LogP contribution in [0.3, 0.4) is 0 Å². The molecule has 148 valence electrons. The first-order chi connectivity index (χ1) is 14.5. The number of carbonyl (C=O) groups excluding carboxylic acids is 1. The lowest BCUT2D eigenvalue weighted by Gasteiger charge is -2.09. The molecule has 0 aliphatic heterocycles. The number of benzene rings is 3. The molecule has 0 aliphatic carbocycles. The summed E-state index contributed by atoms with van der Waals surface area (Å²) in [6.45, 7) is 0. The maximum atomic E-state index is 12.7. The first kappa shape index (κ1) is 19.4. The van der Waals surface area contributed by atoms with E-state index in [9.17, 15) is 14.9 Å². The van der Waals surface area contributed by atoms with E-state index < -0.39 is 4.92 Å². The largest absolute Gasteiger partial charge is 0.337 e. The van der Waals surface area contributed by atoms with Gasteiger partial charge in [0.05, 0.1) is 21.7 Å². The molecule has 0 unspecified atom stereocenters. The van der Waals surface area contributed by atoms with Gasteiger partial charge in [0.25, 0.3) is 11.6 Å². The molecule has 0 fully saturated rings. The van der Waals surface area contributed by atoms with Crippen LogP contribution in [0.4, 0.5) is 5.69 Å². The molecular formula is C22H15ClN4O3. The van der Waals surface area contributed by atoms with Gasteiger partial charge in [-0.05, 0) is 35.9 Å². The van der Waals surface area contributed by atoms with Gasteiger partial charge in [-0.3, -0.25) is 14.9 Å². The Balaban J connectivity index is 1.79. The summed E-state index contributed by atoms with van der Waals surface area (Å²) in [4.78, 5) is 30.9. The molecule has 1 amide bonds. The van der Waals surface area contributed by atoms with Crippen molar-refractivity contribution in [2.45, 2.75) is 0 Å². The van der Waals surface area contributed by atoms with Crippen LogP contribution in [0.5, 0.6) is 0 Å². The summed E-state index contributed by atoms with van der Waals surface area (Å²) >= 11 is 6.28. The number of H-pyrrole nitrogens is 1. The van der Waals surface area contributed by atoms with Gasteiger partial charge in [-0.15, -0.1) is 0 Å². The van der Waals surface area contributed by atoms with Crippen LogP contribution >= 0.6 is 11.6 Å². The number of nitro groups is 1. The smallest absolute Gasteiger partial charge is 0.271 e. The van der Waals surface area contributed by atoms with Crippen molar-refractivity contribution >= 4 is 46.0 Å². The fourth-order valence-corrected chi connectivity index (χ4v) is 3.12. The van der Waals surface area contributed by atoms with Crippen molar-refractivity contribution in [3.63, 3.8) is 0 Å². The predicted molar refractivity (Wildman–Crippen MR) is 116 cm³/mol. The third-order valence-electron chi connectivity index (χ3n) is 4.42. The SMILES string of the molecule is O=C(N/C(=C/c1ccccc1Cl)c1nc2ccc([N+](=O)[O-])cc2[nH]1)c1ccccc1. The number of halogens is 1. The topological polar surface area (TPSA) is 101 Å². The van der Waals surface area contributed by atoms with Gasteiger partial charge in [-0.25, -0.2) is 4.98 Å². The molecule has 0 atom stereocenters. The minimum absolute atomic E-state index is 0.0531. The minimum Gasteiger partial charge on any atom is -0.337 e. The molecule has 0 spiro atoms. The second-order valence-electron chi connectivity index (χ2n) is 6.44. The number of fused-ring (bicyclic) bond motifs is 1. The number of nitrogens with one attached hydrogen (secondary N) is 2. The minimum atomic E-state index is -0.475. The summed E-state index contributed by atoms with van der Waals surface area (Å²) in [6, 6.07) is 20.3. The zero-order chi connectivity index (χ0) is 21.1. The molecule has 0 radical (unpaired) electrons. The van der Waals surface area contributed by atoms with Crippen molar-refractivity contribution in [1.82, 2.24) is 15.3 Å². The number of amides is 1. The van der Waals surface area contributed by atoms with E-state index in [2.05, 4.69) is 15.3 Å². The number of rotatable bonds is 5. The monoisotopic (exact) mass is 418 g/mol. The zero-order valence-electron chi connectivity index (χ0n) is 15.5. The number of nitrogens with zero attached hydrogens (tertiary/aromatic N) is 2. The third kappa shape index (κ3) is 4.06. The highest BCUT2D eigenvalue weighted by Gasteiger charge is 2.15. The molecule has 8 heteroatoms. The lowest BCUT2D eigenvalue weighted by atomic mass is 10.1. The van der Waals surface area contributed by atoms with Gasteiger partial charge < -0.3 is 10.3 Å². The first-order valence-electron chi connectivity index (χ1n) is 8.98. The van der Waals surface area contributed by atoms with Gasteiger partial charge in [-0.1, -0.05) is 48.0 Å². The Morgan fingerprint density at radius 2 is 1.80 bits per heavy atom. The number of hydrogen-bond donors (Lipinski definition) is 2. The highest BCUT2D eigenvalue weighted by atomic mass is 35.5. The number of hydrogen-bond acceptors (Lipinski definition) is 4. The number of aromatic amines is 1. The molecular weight excluding hydrogens is 404 g/mol. The summed E-state index contributed by atoms with van der Waals surface area (Å²) in [5.41, 5.74) is 2.52. The van der Waals surface area contributed by atoms with Crippen LogP contribution in [0, 0.1) is 10.1 Å². The standard InChI is InChI=1S/C22H15ClN4O3/c23-17-9-5-4-8-15(17)12-20(26-22(28)14-6-2-1-3-7-14)21-24-18-11-10-16(27(29)30)13-19(18)25-21/h1-13H,(H,24,25)(H,26,28)/b20-12+. The molecule has 0 bridgehead atoms. The van der Waals surface area contributed by atoms with E-state index in [4.69, 9.17) is 11.6 Å². The highest BCUT2D eigenvalue weighted by Crippen LogP contribution is 2.24. The third-order valence-corrected chi connectivity index (χ3v) is 4.76. The molecule has 0 saturated carbocycles. The van der Waals surface area contributed by atoms with Crippen LogP contribution in [-0.4, -0.2) is 20.8 Å². The summed E-state index contributed by atoms with van der Waals surface area (Å²) in [5.74, 6) is 0.0371. The number of carbonyl (C=O) groups is 1. The summed E-state index contributed by atoms with van der Waals surface area (Å²) in [6.07, 6.45) is 1.70. The van der Waals surface area contributed by atoms with Gasteiger partial charge in [0.1, 0.15) is 0 Å². The van der Waals surface area contributed by atoms with E-state index in [0.29, 0.717) is 38.7 Å². The Hall–Kier alpha value is -3.97. The molecule has 7 nitrogen and oxygen atoms in total. The molecule has 30 heavy (non-hydrogen) atoms. The predicted octanol–water partition coefficient (Wildman–Crippen LogP) is 5.05. The summed E-state index contributed by atoms with van der Waals surface area (Å²) in [7, 11) is 0. The van der Waals surface area contributed by atoms with E-state index in [1.807, 2.05) is 24.3 Å². The number of nitro benzene ring substituents is 1. The molecule has 0 aliphatic rings. The lowest BCUT2D eigenvalue weighted by molar-refractivity contribution is -0.384. The van der Waals surface area contributed by atoms with E-state index in [-0.39, 0.29) is 11.6 Å². The Bertz CT molecular complexity index is 1280. The highest BCUT2D eigenvalue weighted by molar-refractivity contribution is 6.32. The quantitative estimate of drug-likeness (QED) is 0.349. The number of aromatic nitrogens is 2. The van der Waals surface area contributed by atoms with Crippen LogP contribution in [0.2, 0.25) is 5.02 Å². The molecule has 1 aromatic heterocycles. The van der Waals surface area contributed by atoms with Crippen molar-refractivity contribution in [2.75, 3.05) is 0 Å². The molecule has 4 aromatic rings. The molecule has 1 heterocycles. The van der Waals surface area contributed by atoms with Gasteiger partial charge in [0, 0.05) is 22.7 Å². The van der Waals surface area contributed by atoms with E-state index in [1.165, 1.54) is 12.1 Å². The number of imidazole rings is 1. The lowest BCUT2D eigenvalue weighted by Crippen LogP contribution is -2.22. The molecule has 0 saturated heterocycles. The van der Waals surface area contributed by atoms with Crippen LogP contribution in [-0.2, 0) is 0 Å². The van der Waals surface area contributed by atoms with Crippen molar-refractivity contribution in [3.05, 3.63) is 105 Å². The van der Waals surface area contributed by atoms with Crippen molar-refractivity contribution < 1.29 is 9.72 Å². The van der Waals surface area contributed by atoms with Gasteiger partial charge in [0.2, 0.25) is 0 Å². The maximum Gasteiger partial charge on any atom is 0.271 e. The number of non-ortho nitro benzene ring substituents is 1. The summed E-state index contributed by atoms with van der Waals surface area (Å²) in [5, 5.41) is 14.4. The van der Waals surface area contributed by atoms with Crippen LogP contribution < -0.4 is 5.32 Å². The molecule has 4 rings (SSSR count). The van der Waals surface area contributed by atoms with Gasteiger partial charge >= 0.3 is 0 Å². The fourth-order valence-electron chi connectivity index (χ4n) is 2.93. The molecule has 3 aromatic carbocycles. The van der Waals surface area contributed by atoms with Crippen LogP contribution in [0.15, 0.2) is 72.8 Å². The average molecular weight is 419 g/mol. The average Bonchev–Trinajstić information content (AvgIpc) is 3.18. The first-order valence-corrected chi connectivity index (χ1v) is 9.36. The van der Waals surface area contributed by atoms with Crippen molar-refractivity contribution in [2.24, 2.45) is 0 Å².